The van der Waals surface area contributed by atoms with Gasteiger partial charge < -0.3 is 14.5 Å². The Kier molecular flexibility index (Phi) is 13.4. The number of rotatable bonds is 16. The lowest BCUT2D eigenvalue weighted by molar-refractivity contribution is -0.0430. The highest BCUT2D eigenvalue weighted by molar-refractivity contribution is 8.00. The largest absolute Gasteiger partial charge is 0.521 e. The Morgan fingerprint density at radius 2 is 1.43 bits per heavy atom. The molecule has 1 aliphatic heterocycles. The number of hydrogen-bond acceptors (Lipinski definition) is 11. The molecular formula is C45H49N7O5PSSi+. The molecule has 1 unspecified atom stereocenters. The van der Waals surface area contributed by atoms with Gasteiger partial charge >= 0.3 is 7.15 Å². The van der Waals surface area contributed by atoms with Crippen molar-refractivity contribution in [1.82, 2.24) is 24.8 Å². The van der Waals surface area contributed by atoms with Gasteiger partial charge in [-0.05, 0) is 47.0 Å². The first kappa shape index (κ1) is 43.0. The van der Waals surface area contributed by atoms with Gasteiger partial charge in [0.1, 0.15) is 31.7 Å². The van der Waals surface area contributed by atoms with Crippen LogP contribution in [-0.2, 0) is 35.6 Å². The Labute approximate surface area is 358 Å². The van der Waals surface area contributed by atoms with Gasteiger partial charge in [-0.2, -0.15) is 5.26 Å². The minimum absolute atomic E-state index is 0.0573. The normalized spacial score (nSPS) is 18.6. The summed E-state index contributed by atoms with van der Waals surface area (Å²) >= 11 is 5.63. The molecule has 7 rings (SSSR count). The topological polar surface area (TPSA) is 145 Å². The molecule has 1 fully saturated rings. The number of fused-ring (bicyclic) bond motifs is 1. The van der Waals surface area contributed by atoms with Gasteiger partial charge in [-0.1, -0.05) is 130 Å². The maximum atomic E-state index is 13.3. The maximum Gasteiger partial charge on any atom is 0.521 e. The van der Waals surface area contributed by atoms with Crippen LogP contribution < -0.4 is 10.6 Å². The van der Waals surface area contributed by atoms with Gasteiger partial charge in [0, 0.05) is 5.56 Å². The lowest BCUT2D eigenvalue weighted by atomic mass is 9.76. The van der Waals surface area contributed by atoms with E-state index in [0.717, 1.165) is 16.7 Å². The van der Waals surface area contributed by atoms with Crippen molar-refractivity contribution in [3.05, 3.63) is 156 Å². The highest BCUT2D eigenvalue weighted by Gasteiger charge is 2.54. The van der Waals surface area contributed by atoms with Crippen molar-refractivity contribution in [2.45, 2.75) is 75.3 Å². The molecule has 12 nitrogen and oxygen atoms in total. The van der Waals surface area contributed by atoms with Crippen LogP contribution in [0, 0.1) is 11.3 Å². The fraction of sp³-hybridized carbons (Fsp3) is 0.311. The fourth-order valence-corrected chi connectivity index (χ4v) is 9.51. The molecule has 0 saturated carbocycles. The van der Waals surface area contributed by atoms with Crippen molar-refractivity contribution in [3.63, 3.8) is 0 Å². The number of nitrogens with one attached hydrogen (secondary N) is 2. The predicted octanol–water partition coefficient (Wildman–Crippen LogP) is 9.04. The summed E-state index contributed by atoms with van der Waals surface area (Å²) in [6.45, 7) is 11.3. The van der Waals surface area contributed by atoms with Gasteiger partial charge in [0.2, 0.25) is 11.8 Å². The van der Waals surface area contributed by atoms with Crippen molar-refractivity contribution >= 4 is 50.2 Å². The maximum absolute atomic E-state index is 13.3. The zero-order chi connectivity index (χ0) is 42.3. The third-order valence-electron chi connectivity index (χ3n) is 11.2. The van der Waals surface area contributed by atoms with Gasteiger partial charge in [0.05, 0.1) is 30.4 Å². The molecule has 0 radical (unpaired) electrons. The van der Waals surface area contributed by atoms with E-state index in [1.54, 1.807) is 30.6 Å². The Hall–Kier alpha value is -5.07. The third kappa shape index (κ3) is 9.14. The number of carbonyl (C=O) groups is 1. The van der Waals surface area contributed by atoms with Crippen molar-refractivity contribution < 1.29 is 23.0 Å². The molecule has 6 aromatic rings. The summed E-state index contributed by atoms with van der Waals surface area (Å²) < 4.78 is 28.6. The summed E-state index contributed by atoms with van der Waals surface area (Å²) in [6, 6.07) is 41.6. The van der Waals surface area contributed by atoms with Crippen molar-refractivity contribution in [3.8, 4) is 6.07 Å². The summed E-state index contributed by atoms with van der Waals surface area (Å²) in [4.78, 5) is 27.2. The van der Waals surface area contributed by atoms with E-state index in [-0.39, 0.29) is 36.4 Å². The van der Waals surface area contributed by atoms with Crippen molar-refractivity contribution in [2.75, 3.05) is 18.5 Å². The number of anilines is 1. The molecular weight excluding hydrogens is 810 g/mol. The van der Waals surface area contributed by atoms with E-state index in [9.17, 15) is 4.79 Å². The molecule has 3 heterocycles. The molecule has 308 valence electrons. The number of nitrogens with zero attached hydrogens (tertiary/aromatic N) is 5. The molecule has 0 bridgehead atoms. The van der Waals surface area contributed by atoms with Crippen LogP contribution in [0.2, 0.25) is 18.1 Å². The van der Waals surface area contributed by atoms with Crippen LogP contribution >= 0.6 is 7.15 Å². The third-order valence-corrected chi connectivity index (χ3v) is 17.1. The smallest absolute Gasteiger partial charge is 0.408 e. The monoisotopic (exact) mass is 858 g/mol. The Bertz CT molecular complexity index is 2340. The zero-order valence-electron chi connectivity index (χ0n) is 34.3. The highest BCUT2D eigenvalue weighted by atomic mass is 32.4. The number of ether oxygens (including phenoxy) is 1. The van der Waals surface area contributed by atoms with Gasteiger partial charge in [-0.25, -0.2) is 15.0 Å². The zero-order valence-corrected chi connectivity index (χ0v) is 37.0. The molecule has 2 aromatic heterocycles. The van der Waals surface area contributed by atoms with E-state index in [1.807, 2.05) is 65.2 Å². The molecule has 1 aliphatic rings. The van der Waals surface area contributed by atoms with E-state index in [0.29, 0.717) is 16.7 Å². The van der Waals surface area contributed by atoms with Crippen LogP contribution in [-0.4, -0.2) is 65.2 Å². The standard InChI is InChI=1S/C45H48N7O5PSSi/c1-44(2,3)60(4,5)57-39-37(51-45(33-21-12-7-13-22-33,34-23-14-8-15-24-34)35-25-16-9-17-26-35)36(29-55-58(59)54-28-18-27-46)56-43(39)52-31-49-38-40(47-30-48-41(38)52)50-42(53)32-19-10-6-11-20-32/h6-17,19-26,30-31,36-37,39,43,51H,18,28-29H2,1-5H3/p+1/t36-,37-,39-,43-/m1/s1. The number of hydrogen-bond donors (Lipinski definition) is 2. The molecule has 15 heteroatoms. The second kappa shape index (κ2) is 18.7. The van der Waals surface area contributed by atoms with Crippen LogP contribution in [0.3, 0.4) is 0 Å². The van der Waals surface area contributed by atoms with Crippen molar-refractivity contribution in [2.24, 2.45) is 0 Å². The SMILES string of the molecule is CC(C)(C)[Si](C)(C)O[C@@H]1[C@H](NC(c2ccccc2)(c2ccccc2)c2ccccc2)[C@@H](CO[P+](=S)OCCC#N)O[C@H]1n1cnc2c(NC(=O)c3ccccc3)ncnc21. The first-order valence-electron chi connectivity index (χ1n) is 19.8. The van der Waals surface area contributed by atoms with Gasteiger partial charge in [-0.15, -0.1) is 9.05 Å². The van der Waals surface area contributed by atoms with Crippen molar-refractivity contribution in [1.29, 1.82) is 5.26 Å². The second-order valence-electron chi connectivity index (χ2n) is 16.1. The average molecular weight is 859 g/mol. The Morgan fingerprint density at radius 1 is 0.867 bits per heavy atom. The number of imidazole rings is 1. The summed E-state index contributed by atoms with van der Waals surface area (Å²) in [5.74, 6) is -0.0519. The van der Waals surface area contributed by atoms with Crippen LogP contribution in [0.5, 0.6) is 0 Å². The van der Waals surface area contributed by atoms with Gasteiger partial charge in [0.15, 0.2) is 31.5 Å². The summed E-state index contributed by atoms with van der Waals surface area (Å²) in [7, 11) is -4.33. The lowest BCUT2D eigenvalue weighted by Gasteiger charge is -2.44. The van der Waals surface area contributed by atoms with E-state index in [1.165, 1.54) is 6.33 Å². The number of carbonyl (C=O) groups excluding carboxylic acids is 1. The predicted molar refractivity (Wildman–Crippen MR) is 238 cm³/mol. The summed E-state index contributed by atoms with van der Waals surface area (Å²) in [5.41, 5.74) is 3.47. The van der Waals surface area contributed by atoms with Gasteiger partial charge in [0.25, 0.3) is 5.91 Å². The van der Waals surface area contributed by atoms with Crippen LogP contribution in [0.15, 0.2) is 134 Å². The summed E-state index contributed by atoms with van der Waals surface area (Å²) in [6.07, 6.45) is 1.20. The molecule has 0 aliphatic carbocycles. The first-order chi connectivity index (χ1) is 28.9. The molecule has 1 amide bonds. The van der Waals surface area contributed by atoms with Crippen LogP contribution in [0.25, 0.3) is 11.2 Å². The van der Waals surface area contributed by atoms with E-state index in [2.05, 4.69) is 92.0 Å². The second-order valence-corrected chi connectivity index (χ2v) is 22.7. The average Bonchev–Trinajstić information content (AvgIpc) is 3.84. The summed E-state index contributed by atoms with van der Waals surface area (Å²) in [5, 5.41) is 16.0. The quantitative estimate of drug-likeness (QED) is 0.0416. The minimum atomic E-state index is -2.57. The number of amides is 1. The van der Waals surface area contributed by atoms with E-state index >= 15 is 0 Å². The Morgan fingerprint density at radius 3 is 1.98 bits per heavy atom. The molecule has 2 N–H and O–H groups in total. The lowest BCUT2D eigenvalue weighted by Crippen LogP contribution is -2.59. The minimum Gasteiger partial charge on any atom is -0.408 e. The fourth-order valence-electron chi connectivity index (χ4n) is 7.22. The molecule has 4 aromatic carbocycles. The van der Waals surface area contributed by atoms with E-state index in [4.69, 9.17) is 45.2 Å². The van der Waals surface area contributed by atoms with E-state index < -0.39 is 45.5 Å². The number of benzene rings is 4. The number of aromatic nitrogens is 4. The Balaban J connectivity index is 1.39. The first-order valence-corrected chi connectivity index (χ1v) is 24.9. The van der Waals surface area contributed by atoms with Crippen LogP contribution in [0.1, 0.15) is 60.5 Å². The highest BCUT2D eigenvalue weighted by Crippen LogP contribution is 2.46. The molecule has 1 saturated heterocycles. The molecule has 60 heavy (non-hydrogen) atoms. The molecule has 0 spiro atoms. The molecule has 5 atom stereocenters. The number of nitriles is 1. The van der Waals surface area contributed by atoms with Gasteiger partial charge in [-0.3, -0.25) is 14.7 Å². The van der Waals surface area contributed by atoms with Crippen LogP contribution in [0.4, 0.5) is 5.82 Å².